The SMILES string of the molecule is Cc1nn(-c2ccccc2)c(C)c1C(=O)Nc1cc(OCC(F)F)cc([N+](=O)[O-])c1. The van der Waals surface area contributed by atoms with E-state index in [1.54, 1.807) is 18.5 Å². The minimum absolute atomic E-state index is 0.0460. The zero-order valence-corrected chi connectivity index (χ0v) is 16.1. The standard InChI is InChI=1S/C20H18F2N4O4/c1-12-19(13(2)25(24-12)15-6-4-3-5-7-15)20(27)23-14-8-16(26(28)29)10-17(9-14)30-11-18(21)22/h3-10,18H,11H2,1-2H3,(H,23,27). The maximum Gasteiger partial charge on any atom is 0.275 e. The number of nitro groups is 1. The molecule has 0 aliphatic carbocycles. The van der Waals surface area contributed by atoms with Gasteiger partial charge in [-0.15, -0.1) is 0 Å². The third kappa shape index (κ3) is 4.59. The Hall–Kier alpha value is -3.82. The predicted octanol–water partition coefficient (Wildman–Crippen LogP) is 4.29. The van der Waals surface area contributed by atoms with Crippen LogP contribution in [0.15, 0.2) is 48.5 Å². The maximum absolute atomic E-state index is 12.9. The molecule has 0 unspecified atom stereocenters. The van der Waals surface area contributed by atoms with E-state index in [0.29, 0.717) is 17.0 Å². The lowest BCUT2D eigenvalue weighted by atomic mass is 10.1. The van der Waals surface area contributed by atoms with Crippen molar-refractivity contribution in [1.82, 2.24) is 9.78 Å². The van der Waals surface area contributed by atoms with Gasteiger partial charge >= 0.3 is 0 Å². The van der Waals surface area contributed by atoms with E-state index in [1.807, 2.05) is 30.3 Å². The first-order valence-electron chi connectivity index (χ1n) is 8.89. The smallest absolute Gasteiger partial charge is 0.275 e. The number of non-ortho nitro benzene ring substituents is 1. The monoisotopic (exact) mass is 416 g/mol. The molecule has 0 aliphatic heterocycles. The molecule has 0 aliphatic rings. The zero-order chi connectivity index (χ0) is 21.8. The summed E-state index contributed by atoms with van der Waals surface area (Å²) in [6, 6.07) is 12.6. The van der Waals surface area contributed by atoms with Crippen LogP contribution in [0.25, 0.3) is 5.69 Å². The van der Waals surface area contributed by atoms with Crippen LogP contribution in [-0.4, -0.2) is 33.6 Å². The molecule has 0 fully saturated rings. The molecule has 1 heterocycles. The normalized spacial score (nSPS) is 10.8. The number of amides is 1. The fourth-order valence-electron chi connectivity index (χ4n) is 2.99. The zero-order valence-electron chi connectivity index (χ0n) is 16.1. The number of hydrogen-bond acceptors (Lipinski definition) is 5. The van der Waals surface area contributed by atoms with Crippen LogP contribution >= 0.6 is 0 Å². The predicted molar refractivity (Wildman–Crippen MR) is 106 cm³/mol. The molecule has 0 spiro atoms. The first-order chi connectivity index (χ1) is 14.3. The Kier molecular flexibility index (Phi) is 6.05. The van der Waals surface area contributed by atoms with Crippen LogP contribution in [0.5, 0.6) is 5.75 Å². The van der Waals surface area contributed by atoms with Crippen LogP contribution in [0.1, 0.15) is 21.7 Å². The number of carbonyl (C=O) groups excluding carboxylic acids is 1. The van der Waals surface area contributed by atoms with Crippen molar-refractivity contribution < 1.29 is 23.2 Å². The second kappa shape index (κ2) is 8.68. The number of aryl methyl sites for hydroxylation is 1. The number of rotatable bonds is 7. The fraction of sp³-hybridized carbons (Fsp3) is 0.200. The molecule has 30 heavy (non-hydrogen) atoms. The van der Waals surface area contributed by atoms with Gasteiger partial charge in [0.05, 0.1) is 39.3 Å². The Morgan fingerprint density at radius 1 is 1.23 bits per heavy atom. The van der Waals surface area contributed by atoms with Crippen molar-refractivity contribution in [2.45, 2.75) is 20.3 Å². The van der Waals surface area contributed by atoms with Gasteiger partial charge in [-0.2, -0.15) is 5.10 Å². The third-order valence-corrected chi connectivity index (χ3v) is 4.26. The molecule has 2 aromatic carbocycles. The summed E-state index contributed by atoms with van der Waals surface area (Å²) < 4.78 is 31.3. The van der Waals surface area contributed by atoms with Crippen LogP contribution in [0.4, 0.5) is 20.2 Å². The summed E-state index contributed by atoms with van der Waals surface area (Å²) in [5.74, 6) is -0.680. The van der Waals surface area contributed by atoms with Gasteiger partial charge in [0.25, 0.3) is 18.0 Å². The molecule has 1 aromatic heterocycles. The number of benzene rings is 2. The number of alkyl halides is 2. The molecule has 0 atom stereocenters. The average Bonchev–Trinajstić information content (AvgIpc) is 3.01. The topological polar surface area (TPSA) is 99.3 Å². The lowest BCUT2D eigenvalue weighted by Crippen LogP contribution is -2.15. The van der Waals surface area contributed by atoms with Crippen LogP contribution < -0.4 is 10.1 Å². The van der Waals surface area contributed by atoms with Gasteiger partial charge in [0, 0.05) is 12.1 Å². The number of para-hydroxylation sites is 1. The van der Waals surface area contributed by atoms with Gasteiger partial charge in [0.1, 0.15) is 12.4 Å². The first-order valence-corrected chi connectivity index (χ1v) is 8.89. The first kappa shape index (κ1) is 20.9. The van der Waals surface area contributed by atoms with Crippen LogP contribution in [-0.2, 0) is 0 Å². The maximum atomic E-state index is 12.9. The molecular weight excluding hydrogens is 398 g/mol. The van der Waals surface area contributed by atoms with E-state index in [0.717, 1.165) is 17.8 Å². The summed E-state index contributed by atoms with van der Waals surface area (Å²) in [6.45, 7) is 2.48. The fourth-order valence-corrected chi connectivity index (χ4v) is 2.99. The van der Waals surface area contributed by atoms with E-state index in [1.165, 1.54) is 6.07 Å². The molecule has 10 heteroatoms. The van der Waals surface area contributed by atoms with Crippen molar-refractivity contribution in [1.29, 1.82) is 0 Å². The van der Waals surface area contributed by atoms with E-state index in [4.69, 9.17) is 4.74 Å². The molecule has 0 bridgehead atoms. The highest BCUT2D eigenvalue weighted by Gasteiger charge is 2.21. The van der Waals surface area contributed by atoms with E-state index in [-0.39, 0.29) is 11.4 Å². The molecule has 0 saturated carbocycles. The number of carbonyl (C=O) groups is 1. The van der Waals surface area contributed by atoms with Crippen molar-refractivity contribution in [2.75, 3.05) is 11.9 Å². The number of anilines is 1. The van der Waals surface area contributed by atoms with Crippen molar-refractivity contribution in [2.24, 2.45) is 0 Å². The molecular formula is C20H18F2N4O4. The van der Waals surface area contributed by atoms with Gasteiger partial charge in [-0.25, -0.2) is 13.5 Å². The number of aromatic nitrogens is 2. The van der Waals surface area contributed by atoms with Gasteiger partial charge in [-0.3, -0.25) is 14.9 Å². The molecule has 0 radical (unpaired) electrons. The molecule has 3 aromatic rings. The Balaban J connectivity index is 1.90. The van der Waals surface area contributed by atoms with Gasteiger partial charge in [0.2, 0.25) is 0 Å². The minimum Gasteiger partial charge on any atom is -0.487 e. The number of nitrogens with one attached hydrogen (secondary N) is 1. The Bertz CT molecular complexity index is 1080. The van der Waals surface area contributed by atoms with E-state index >= 15 is 0 Å². The Morgan fingerprint density at radius 3 is 2.57 bits per heavy atom. The highest BCUT2D eigenvalue weighted by Crippen LogP contribution is 2.27. The van der Waals surface area contributed by atoms with Crippen LogP contribution in [0.3, 0.4) is 0 Å². The van der Waals surface area contributed by atoms with Gasteiger partial charge in [-0.1, -0.05) is 18.2 Å². The second-order valence-corrected chi connectivity index (χ2v) is 6.42. The van der Waals surface area contributed by atoms with Crippen molar-refractivity contribution in [3.05, 3.63) is 75.6 Å². The average molecular weight is 416 g/mol. The summed E-state index contributed by atoms with van der Waals surface area (Å²) in [5.41, 5.74) is 1.77. The van der Waals surface area contributed by atoms with E-state index in [2.05, 4.69) is 10.4 Å². The van der Waals surface area contributed by atoms with Gasteiger partial charge in [0.15, 0.2) is 0 Å². The van der Waals surface area contributed by atoms with Crippen molar-refractivity contribution >= 4 is 17.3 Å². The molecule has 156 valence electrons. The van der Waals surface area contributed by atoms with Crippen LogP contribution in [0.2, 0.25) is 0 Å². The minimum atomic E-state index is -2.74. The number of halogens is 2. The second-order valence-electron chi connectivity index (χ2n) is 6.42. The highest BCUT2D eigenvalue weighted by atomic mass is 19.3. The summed E-state index contributed by atoms with van der Waals surface area (Å²) in [7, 11) is 0. The quantitative estimate of drug-likeness (QED) is 0.457. The molecule has 0 saturated heterocycles. The molecule has 1 amide bonds. The summed E-state index contributed by atoms with van der Waals surface area (Å²) >= 11 is 0. The summed E-state index contributed by atoms with van der Waals surface area (Å²) in [4.78, 5) is 23.3. The number of nitro benzene ring substituents is 1. The van der Waals surface area contributed by atoms with Crippen molar-refractivity contribution in [3.8, 4) is 11.4 Å². The molecule has 8 nitrogen and oxygen atoms in total. The van der Waals surface area contributed by atoms with E-state index < -0.39 is 29.6 Å². The van der Waals surface area contributed by atoms with Crippen LogP contribution in [0, 0.1) is 24.0 Å². The van der Waals surface area contributed by atoms with Crippen molar-refractivity contribution in [3.63, 3.8) is 0 Å². The van der Waals surface area contributed by atoms with Gasteiger partial charge in [-0.05, 0) is 26.0 Å². The molecule has 1 N–H and O–H groups in total. The highest BCUT2D eigenvalue weighted by molar-refractivity contribution is 6.06. The Labute approximate surface area is 170 Å². The lowest BCUT2D eigenvalue weighted by Gasteiger charge is -2.10. The van der Waals surface area contributed by atoms with Gasteiger partial charge < -0.3 is 10.1 Å². The largest absolute Gasteiger partial charge is 0.487 e. The number of ether oxygens (including phenoxy) is 1. The number of hydrogen-bond donors (Lipinski definition) is 1. The Morgan fingerprint density at radius 2 is 1.93 bits per heavy atom. The molecule has 3 rings (SSSR count). The summed E-state index contributed by atoms with van der Waals surface area (Å²) in [6.07, 6.45) is -2.74. The lowest BCUT2D eigenvalue weighted by molar-refractivity contribution is -0.384. The van der Waals surface area contributed by atoms with E-state index in [9.17, 15) is 23.7 Å². The number of nitrogens with zero attached hydrogens (tertiary/aromatic N) is 3. The third-order valence-electron chi connectivity index (χ3n) is 4.26. The summed E-state index contributed by atoms with van der Waals surface area (Å²) in [5, 5.41) is 18.1.